The van der Waals surface area contributed by atoms with Crippen LogP contribution < -0.4 is 10.5 Å². The molecule has 4 nitrogen and oxygen atoms in total. The van der Waals surface area contributed by atoms with Gasteiger partial charge in [0.25, 0.3) is 0 Å². The molecule has 0 radical (unpaired) electrons. The van der Waals surface area contributed by atoms with Crippen molar-refractivity contribution in [3.63, 3.8) is 0 Å². The molecular weight excluding hydrogens is 282 g/mol. The summed E-state index contributed by atoms with van der Waals surface area (Å²) in [4.78, 5) is 0. The number of benzene rings is 1. The van der Waals surface area contributed by atoms with Crippen molar-refractivity contribution in [1.29, 1.82) is 0 Å². The molecule has 0 atom stereocenters. The van der Waals surface area contributed by atoms with Gasteiger partial charge in [-0.25, -0.2) is 0 Å². The van der Waals surface area contributed by atoms with Gasteiger partial charge in [-0.05, 0) is 46.5 Å². The number of H-pyrrole nitrogens is 1. The molecule has 1 aliphatic rings. The van der Waals surface area contributed by atoms with Gasteiger partial charge in [-0.3, -0.25) is 5.10 Å². The van der Waals surface area contributed by atoms with Crippen LogP contribution in [0.2, 0.25) is 0 Å². The lowest BCUT2D eigenvalue weighted by Gasteiger charge is -2.08. The molecule has 1 aromatic heterocycles. The Morgan fingerprint density at radius 3 is 2.82 bits per heavy atom. The molecule has 1 heterocycles. The topological polar surface area (TPSA) is 63.9 Å². The van der Waals surface area contributed by atoms with Crippen LogP contribution in [0.5, 0.6) is 5.75 Å². The number of anilines is 1. The highest BCUT2D eigenvalue weighted by Crippen LogP contribution is 2.35. The van der Waals surface area contributed by atoms with Crippen LogP contribution in [0.1, 0.15) is 12.8 Å². The number of aromatic nitrogens is 2. The van der Waals surface area contributed by atoms with Gasteiger partial charge in [-0.2, -0.15) is 5.10 Å². The van der Waals surface area contributed by atoms with Crippen molar-refractivity contribution in [2.45, 2.75) is 18.9 Å². The molecule has 2 aromatic rings. The highest BCUT2D eigenvalue weighted by atomic mass is 79.9. The molecule has 0 spiro atoms. The second-order valence-electron chi connectivity index (χ2n) is 4.16. The summed E-state index contributed by atoms with van der Waals surface area (Å²) in [5.74, 6) is 1.46. The second-order valence-corrected chi connectivity index (χ2v) is 5.01. The molecule has 17 heavy (non-hydrogen) atoms. The fraction of sp³-hybridized carbons (Fsp3) is 0.250. The third kappa shape index (κ3) is 2.15. The van der Waals surface area contributed by atoms with Crippen LogP contribution in [-0.2, 0) is 0 Å². The fourth-order valence-electron chi connectivity index (χ4n) is 1.66. The number of rotatable bonds is 3. The zero-order valence-electron chi connectivity index (χ0n) is 9.11. The molecule has 3 rings (SSSR count). The van der Waals surface area contributed by atoms with E-state index in [-0.39, 0.29) is 0 Å². The quantitative estimate of drug-likeness (QED) is 0.914. The van der Waals surface area contributed by atoms with Crippen LogP contribution in [0.15, 0.2) is 28.9 Å². The molecule has 1 fully saturated rings. The summed E-state index contributed by atoms with van der Waals surface area (Å²) in [6.07, 6.45) is 4.43. The zero-order valence-corrected chi connectivity index (χ0v) is 10.7. The number of nitrogen functional groups attached to an aromatic ring is 1. The van der Waals surface area contributed by atoms with Crippen molar-refractivity contribution in [2.24, 2.45) is 0 Å². The number of aromatic amines is 1. The van der Waals surface area contributed by atoms with Crippen molar-refractivity contribution in [1.82, 2.24) is 10.2 Å². The summed E-state index contributed by atoms with van der Waals surface area (Å²) in [5.41, 5.74) is 7.71. The molecule has 1 aliphatic carbocycles. The highest BCUT2D eigenvalue weighted by molar-refractivity contribution is 9.10. The molecule has 5 heteroatoms. The van der Waals surface area contributed by atoms with E-state index in [0.29, 0.717) is 11.9 Å². The number of halogens is 1. The SMILES string of the molecule is Nc1[nH]ncc1-c1ccc(OC2CC2)c(Br)c1. The van der Waals surface area contributed by atoms with Gasteiger partial charge < -0.3 is 10.5 Å². The number of hydrogen-bond acceptors (Lipinski definition) is 3. The van der Waals surface area contributed by atoms with Crippen molar-refractivity contribution < 1.29 is 4.74 Å². The van der Waals surface area contributed by atoms with E-state index in [9.17, 15) is 0 Å². The molecular formula is C12H12BrN3O. The molecule has 0 unspecified atom stereocenters. The Bertz CT molecular complexity index is 548. The number of nitrogens with one attached hydrogen (secondary N) is 1. The van der Waals surface area contributed by atoms with E-state index in [2.05, 4.69) is 26.1 Å². The monoisotopic (exact) mass is 293 g/mol. The average molecular weight is 294 g/mol. The highest BCUT2D eigenvalue weighted by Gasteiger charge is 2.24. The Labute approximate surface area is 107 Å². The summed E-state index contributed by atoms with van der Waals surface area (Å²) >= 11 is 3.52. The average Bonchev–Trinajstić information content (AvgIpc) is 3.02. The van der Waals surface area contributed by atoms with E-state index in [1.54, 1.807) is 6.20 Å². The summed E-state index contributed by atoms with van der Waals surface area (Å²) < 4.78 is 6.70. The lowest BCUT2D eigenvalue weighted by molar-refractivity contribution is 0.301. The van der Waals surface area contributed by atoms with Gasteiger partial charge >= 0.3 is 0 Å². The van der Waals surface area contributed by atoms with Crippen LogP contribution in [-0.4, -0.2) is 16.3 Å². The zero-order chi connectivity index (χ0) is 11.8. The molecule has 0 aliphatic heterocycles. The van der Waals surface area contributed by atoms with Gasteiger partial charge in [-0.15, -0.1) is 0 Å². The number of nitrogens with zero attached hydrogens (tertiary/aromatic N) is 1. The minimum absolute atomic E-state index is 0.399. The normalized spacial score (nSPS) is 14.9. The molecule has 0 bridgehead atoms. The summed E-state index contributed by atoms with van der Waals surface area (Å²) in [7, 11) is 0. The van der Waals surface area contributed by atoms with Gasteiger partial charge in [0.05, 0.1) is 16.8 Å². The second kappa shape index (κ2) is 4.07. The van der Waals surface area contributed by atoms with Gasteiger partial charge in [0.15, 0.2) is 0 Å². The predicted octanol–water partition coefficient (Wildman–Crippen LogP) is 2.96. The largest absolute Gasteiger partial charge is 0.489 e. The van der Waals surface area contributed by atoms with E-state index < -0.39 is 0 Å². The molecule has 1 aromatic carbocycles. The Morgan fingerprint density at radius 1 is 1.41 bits per heavy atom. The van der Waals surface area contributed by atoms with E-state index in [1.807, 2.05) is 18.2 Å². The first-order valence-electron chi connectivity index (χ1n) is 5.49. The maximum atomic E-state index is 5.79. The standard InChI is InChI=1S/C12H12BrN3O/c13-10-5-7(9-6-15-16-12(9)14)1-4-11(10)17-8-2-3-8/h1,4-6,8H,2-3H2,(H3,14,15,16). The summed E-state index contributed by atoms with van der Waals surface area (Å²) in [6.45, 7) is 0. The first kappa shape index (κ1) is 10.7. The third-order valence-electron chi connectivity index (χ3n) is 2.73. The van der Waals surface area contributed by atoms with Gasteiger partial charge in [0.1, 0.15) is 11.6 Å². The minimum atomic E-state index is 0.399. The van der Waals surface area contributed by atoms with Crippen molar-refractivity contribution in [2.75, 3.05) is 5.73 Å². The van der Waals surface area contributed by atoms with Gasteiger partial charge in [-0.1, -0.05) is 6.07 Å². The first-order chi connectivity index (χ1) is 8.24. The molecule has 0 saturated heterocycles. The van der Waals surface area contributed by atoms with E-state index >= 15 is 0 Å². The molecule has 3 N–H and O–H groups in total. The number of ether oxygens (including phenoxy) is 1. The van der Waals surface area contributed by atoms with Crippen molar-refractivity contribution in [3.8, 4) is 16.9 Å². The van der Waals surface area contributed by atoms with Crippen LogP contribution in [0.3, 0.4) is 0 Å². The smallest absolute Gasteiger partial charge is 0.133 e. The fourth-order valence-corrected chi connectivity index (χ4v) is 2.13. The van der Waals surface area contributed by atoms with Crippen molar-refractivity contribution in [3.05, 3.63) is 28.9 Å². The summed E-state index contributed by atoms with van der Waals surface area (Å²) in [5, 5.41) is 6.64. The predicted molar refractivity (Wildman–Crippen MR) is 69.8 cm³/mol. The molecule has 0 amide bonds. The number of nitrogens with two attached hydrogens (primary N) is 1. The van der Waals surface area contributed by atoms with E-state index in [1.165, 1.54) is 0 Å². The third-order valence-corrected chi connectivity index (χ3v) is 3.35. The summed E-state index contributed by atoms with van der Waals surface area (Å²) in [6, 6.07) is 5.95. The van der Waals surface area contributed by atoms with Gasteiger partial charge in [0, 0.05) is 5.56 Å². The minimum Gasteiger partial charge on any atom is -0.489 e. The lowest BCUT2D eigenvalue weighted by Crippen LogP contribution is -1.96. The van der Waals surface area contributed by atoms with Crippen molar-refractivity contribution >= 4 is 21.7 Å². The van der Waals surface area contributed by atoms with Crippen LogP contribution in [0.4, 0.5) is 5.82 Å². The van der Waals surface area contributed by atoms with Crippen LogP contribution >= 0.6 is 15.9 Å². The first-order valence-corrected chi connectivity index (χ1v) is 6.29. The Balaban J connectivity index is 1.92. The van der Waals surface area contributed by atoms with Gasteiger partial charge in [0.2, 0.25) is 0 Å². The van der Waals surface area contributed by atoms with E-state index in [0.717, 1.165) is 34.2 Å². The maximum Gasteiger partial charge on any atom is 0.133 e. The van der Waals surface area contributed by atoms with E-state index in [4.69, 9.17) is 10.5 Å². The maximum absolute atomic E-state index is 5.79. The Kier molecular flexibility index (Phi) is 2.55. The van der Waals surface area contributed by atoms with Crippen LogP contribution in [0, 0.1) is 0 Å². The molecule has 88 valence electrons. The lowest BCUT2D eigenvalue weighted by atomic mass is 10.1. The Morgan fingerprint density at radius 2 is 2.24 bits per heavy atom. The molecule has 1 saturated carbocycles. The number of hydrogen-bond donors (Lipinski definition) is 2. The van der Waals surface area contributed by atoms with Crippen LogP contribution in [0.25, 0.3) is 11.1 Å². The Hall–Kier alpha value is -1.49.